The number of hydrogen-bond donors (Lipinski definition) is 3. The van der Waals surface area contributed by atoms with Crippen molar-refractivity contribution in [1.82, 2.24) is 20.6 Å². The summed E-state index contributed by atoms with van der Waals surface area (Å²) in [4.78, 5) is 31.0. The Morgan fingerprint density at radius 3 is 2.63 bits per heavy atom. The quantitative estimate of drug-likeness (QED) is 0.557. The van der Waals surface area contributed by atoms with E-state index in [4.69, 9.17) is 4.74 Å². The maximum absolute atomic E-state index is 12.2. The summed E-state index contributed by atoms with van der Waals surface area (Å²) in [5.74, 6) is 0.770. The molecular formula is C20H28N4O3. The fourth-order valence-electron chi connectivity index (χ4n) is 2.73. The number of H-pyrrole nitrogens is 1. The van der Waals surface area contributed by atoms with Crippen LogP contribution in [-0.2, 0) is 16.1 Å². The molecular weight excluding hydrogens is 344 g/mol. The zero-order valence-electron chi connectivity index (χ0n) is 16.0. The van der Waals surface area contributed by atoms with Crippen molar-refractivity contribution in [3.63, 3.8) is 0 Å². The standard InChI is InChI=1S/C20H28N4O3/c1-15-13-22-19(23-15)17(11-7-4-8-12-18(25)21-2)24-20(26)27-14-16-9-5-3-6-10-16/h3,5-6,9-10,13,17H,4,7-8,11-12,14H2,1-2H3,(H,21,25)(H,22,23)(H,24,26). The molecule has 0 aliphatic carbocycles. The van der Waals surface area contributed by atoms with E-state index in [1.807, 2.05) is 37.3 Å². The van der Waals surface area contributed by atoms with Gasteiger partial charge in [0.25, 0.3) is 0 Å². The lowest BCUT2D eigenvalue weighted by atomic mass is 10.1. The molecule has 0 bridgehead atoms. The predicted molar refractivity (Wildman–Crippen MR) is 103 cm³/mol. The minimum Gasteiger partial charge on any atom is -0.445 e. The van der Waals surface area contributed by atoms with Crippen LogP contribution in [0.3, 0.4) is 0 Å². The first kappa shape index (κ1) is 20.5. The fraction of sp³-hybridized carbons (Fsp3) is 0.450. The zero-order chi connectivity index (χ0) is 19.5. The third kappa shape index (κ3) is 7.52. The summed E-state index contributed by atoms with van der Waals surface area (Å²) in [6, 6.07) is 9.30. The Bertz CT molecular complexity index is 715. The lowest BCUT2D eigenvalue weighted by Gasteiger charge is -2.17. The summed E-state index contributed by atoms with van der Waals surface area (Å²) in [6.45, 7) is 2.15. The molecule has 1 aromatic carbocycles. The van der Waals surface area contributed by atoms with Gasteiger partial charge in [0.15, 0.2) is 0 Å². The van der Waals surface area contributed by atoms with E-state index in [-0.39, 0.29) is 18.6 Å². The van der Waals surface area contributed by atoms with E-state index >= 15 is 0 Å². The van der Waals surface area contributed by atoms with Crippen LogP contribution < -0.4 is 10.6 Å². The molecule has 0 saturated carbocycles. The molecule has 1 heterocycles. The van der Waals surface area contributed by atoms with Gasteiger partial charge in [-0.1, -0.05) is 43.2 Å². The van der Waals surface area contributed by atoms with Crippen LogP contribution >= 0.6 is 0 Å². The van der Waals surface area contributed by atoms with Crippen LogP contribution in [0, 0.1) is 6.92 Å². The summed E-state index contributed by atoms with van der Waals surface area (Å²) in [5.41, 5.74) is 1.88. The molecule has 7 nitrogen and oxygen atoms in total. The number of rotatable bonds is 10. The van der Waals surface area contributed by atoms with Gasteiger partial charge in [-0.3, -0.25) is 4.79 Å². The predicted octanol–water partition coefficient (Wildman–Crippen LogP) is 3.38. The number of ether oxygens (including phenoxy) is 1. The third-order valence-electron chi connectivity index (χ3n) is 4.23. The van der Waals surface area contributed by atoms with E-state index in [0.717, 1.165) is 42.8 Å². The Balaban J connectivity index is 1.82. The Morgan fingerprint density at radius 1 is 1.19 bits per heavy atom. The van der Waals surface area contributed by atoms with Gasteiger partial charge in [0.2, 0.25) is 5.91 Å². The fourth-order valence-corrected chi connectivity index (χ4v) is 2.73. The molecule has 0 radical (unpaired) electrons. The Hall–Kier alpha value is -2.83. The Morgan fingerprint density at radius 2 is 1.96 bits per heavy atom. The van der Waals surface area contributed by atoms with Gasteiger partial charge in [-0.25, -0.2) is 9.78 Å². The molecule has 0 aliphatic heterocycles. The Labute approximate surface area is 159 Å². The molecule has 2 rings (SSSR count). The lowest BCUT2D eigenvalue weighted by Crippen LogP contribution is -2.30. The number of unbranched alkanes of at least 4 members (excludes halogenated alkanes) is 2. The van der Waals surface area contributed by atoms with Crippen LogP contribution in [-0.4, -0.2) is 29.0 Å². The van der Waals surface area contributed by atoms with Crippen LogP contribution in [0.15, 0.2) is 36.5 Å². The number of hydrogen-bond acceptors (Lipinski definition) is 4. The highest BCUT2D eigenvalue weighted by Crippen LogP contribution is 2.18. The van der Waals surface area contributed by atoms with Crippen molar-refractivity contribution in [2.75, 3.05) is 7.05 Å². The molecule has 0 fully saturated rings. The first-order chi connectivity index (χ1) is 13.1. The molecule has 0 spiro atoms. The van der Waals surface area contributed by atoms with Crippen molar-refractivity contribution in [1.29, 1.82) is 0 Å². The van der Waals surface area contributed by atoms with E-state index in [9.17, 15) is 9.59 Å². The van der Waals surface area contributed by atoms with E-state index in [0.29, 0.717) is 6.42 Å². The maximum atomic E-state index is 12.2. The molecule has 7 heteroatoms. The number of aromatic amines is 1. The molecule has 27 heavy (non-hydrogen) atoms. The van der Waals surface area contributed by atoms with Gasteiger partial charge in [-0.2, -0.15) is 0 Å². The van der Waals surface area contributed by atoms with E-state index in [1.54, 1.807) is 13.2 Å². The second-order valence-corrected chi connectivity index (χ2v) is 6.48. The molecule has 0 saturated heterocycles. The van der Waals surface area contributed by atoms with Crippen molar-refractivity contribution >= 4 is 12.0 Å². The topological polar surface area (TPSA) is 96.1 Å². The molecule has 1 aromatic heterocycles. The normalized spacial score (nSPS) is 11.6. The minimum atomic E-state index is -0.469. The molecule has 0 aliphatic rings. The SMILES string of the molecule is CNC(=O)CCCCCC(NC(=O)OCc1ccccc1)c1ncc(C)[nH]1. The van der Waals surface area contributed by atoms with Crippen LogP contribution in [0.4, 0.5) is 4.79 Å². The molecule has 1 atom stereocenters. The van der Waals surface area contributed by atoms with Gasteiger partial charge in [0.1, 0.15) is 12.4 Å². The van der Waals surface area contributed by atoms with Crippen LogP contribution in [0.25, 0.3) is 0 Å². The van der Waals surface area contributed by atoms with Crippen LogP contribution in [0.5, 0.6) is 0 Å². The summed E-state index contributed by atoms with van der Waals surface area (Å²) in [5, 5.41) is 5.51. The molecule has 2 aromatic rings. The highest BCUT2D eigenvalue weighted by molar-refractivity contribution is 5.75. The highest BCUT2D eigenvalue weighted by atomic mass is 16.5. The number of benzene rings is 1. The van der Waals surface area contributed by atoms with E-state index in [2.05, 4.69) is 20.6 Å². The zero-order valence-corrected chi connectivity index (χ0v) is 16.0. The van der Waals surface area contributed by atoms with Crippen LogP contribution in [0.1, 0.15) is 55.2 Å². The average Bonchev–Trinajstić information content (AvgIpc) is 3.12. The number of nitrogens with zero attached hydrogens (tertiary/aromatic N) is 1. The van der Waals surface area contributed by atoms with Crippen molar-refractivity contribution in [2.24, 2.45) is 0 Å². The second-order valence-electron chi connectivity index (χ2n) is 6.48. The van der Waals surface area contributed by atoms with Crippen LogP contribution in [0.2, 0.25) is 0 Å². The number of carbonyl (C=O) groups excluding carboxylic acids is 2. The number of aromatic nitrogens is 2. The van der Waals surface area contributed by atoms with Crippen molar-refractivity contribution in [2.45, 2.75) is 51.7 Å². The average molecular weight is 372 g/mol. The van der Waals surface area contributed by atoms with Gasteiger partial charge in [-0.05, 0) is 25.3 Å². The first-order valence-electron chi connectivity index (χ1n) is 9.27. The monoisotopic (exact) mass is 372 g/mol. The maximum Gasteiger partial charge on any atom is 0.408 e. The number of alkyl carbamates (subject to hydrolysis) is 1. The lowest BCUT2D eigenvalue weighted by molar-refractivity contribution is -0.120. The second kappa shape index (κ2) is 11.0. The molecule has 3 N–H and O–H groups in total. The summed E-state index contributed by atoms with van der Waals surface area (Å²) < 4.78 is 5.32. The number of carbonyl (C=O) groups is 2. The molecule has 1 unspecified atom stereocenters. The number of aryl methyl sites for hydroxylation is 1. The van der Waals surface area contributed by atoms with Gasteiger partial charge in [-0.15, -0.1) is 0 Å². The van der Waals surface area contributed by atoms with Crippen molar-refractivity contribution < 1.29 is 14.3 Å². The smallest absolute Gasteiger partial charge is 0.408 e. The van der Waals surface area contributed by atoms with Gasteiger partial charge < -0.3 is 20.4 Å². The van der Waals surface area contributed by atoms with Gasteiger partial charge >= 0.3 is 6.09 Å². The number of nitrogens with one attached hydrogen (secondary N) is 3. The summed E-state index contributed by atoms with van der Waals surface area (Å²) >= 11 is 0. The number of amides is 2. The summed E-state index contributed by atoms with van der Waals surface area (Å²) in [7, 11) is 1.64. The highest BCUT2D eigenvalue weighted by Gasteiger charge is 2.18. The largest absolute Gasteiger partial charge is 0.445 e. The van der Waals surface area contributed by atoms with Crippen molar-refractivity contribution in [3.8, 4) is 0 Å². The summed E-state index contributed by atoms with van der Waals surface area (Å²) in [6.07, 6.45) is 5.12. The first-order valence-corrected chi connectivity index (χ1v) is 9.27. The number of imidazole rings is 1. The molecule has 146 valence electrons. The third-order valence-corrected chi connectivity index (χ3v) is 4.23. The van der Waals surface area contributed by atoms with E-state index in [1.165, 1.54) is 0 Å². The van der Waals surface area contributed by atoms with E-state index < -0.39 is 6.09 Å². The van der Waals surface area contributed by atoms with Crippen molar-refractivity contribution in [3.05, 3.63) is 53.6 Å². The van der Waals surface area contributed by atoms with Gasteiger partial charge in [0, 0.05) is 25.4 Å². The molecule has 2 amide bonds. The minimum absolute atomic E-state index is 0.0517. The Kier molecular flexibility index (Phi) is 8.35. The van der Waals surface area contributed by atoms with Gasteiger partial charge in [0.05, 0.1) is 6.04 Å².